The summed E-state index contributed by atoms with van der Waals surface area (Å²) in [4.78, 5) is 5.78. The highest BCUT2D eigenvalue weighted by Crippen LogP contribution is 2.27. The van der Waals surface area contributed by atoms with E-state index in [1.807, 2.05) is 14.0 Å². The molecule has 0 amide bonds. The molecule has 0 spiro atoms. The van der Waals surface area contributed by atoms with E-state index in [0.717, 1.165) is 16.5 Å². The number of hydrogen-bond donors (Lipinski definition) is 1. The lowest BCUT2D eigenvalue weighted by Gasteiger charge is -2.16. The number of hydrogen-bond acceptors (Lipinski definition) is 4. The maximum absolute atomic E-state index is 6.00. The molecular formula is C16H22N2OS. The summed E-state index contributed by atoms with van der Waals surface area (Å²) in [6, 6.07) is 6.61. The fourth-order valence-corrected chi connectivity index (χ4v) is 2.87. The number of rotatable bonds is 5. The van der Waals surface area contributed by atoms with Gasteiger partial charge in [-0.1, -0.05) is 12.1 Å². The van der Waals surface area contributed by atoms with Crippen molar-refractivity contribution in [2.24, 2.45) is 0 Å². The van der Waals surface area contributed by atoms with E-state index in [1.54, 1.807) is 11.3 Å². The molecule has 1 aromatic carbocycles. The zero-order valence-electron chi connectivity index (χ0n) is 12.8. The van der Waals surface area contributed by atoms with Crippen LogP contribution in [0.5, 0.6) is 5.75 Å². The summed E-state index contributed by atoms with van der Waals surface area (Å²) in [5, 5.41) is 4.29. The van der Waals surface area contributed by atoms with E-state index in [0.29, 0.717) is 6.61 Å². The van der Waals surface area contributed by atoms with Crippen LogP contribution in [-0.4, -0.2) is 12.0 Å². The minimum Gasteiger partial charge on any atom is -0.486 e. The average Bonchev–Trinajstić information content (AvgIpc) is 2.75. The molecule has 1 heterocycles. The number of aryl methyl sites for hydroxylation is 3. The Morgan fingerprint density at radius 1 is 1.30 bits per heavy atom. The maximum atomic E-state index is 6.00. The molecule has 1 unspecified atom stereocenters. The van der Waals surface area contributed by atoms with Crippen molar-refractivity contribution in [1.82, 2.24) is 10.3 Å². The Hall–Kier alpha value is -1.39. The van der Waals surface area contributed by atoms with Crippen molar-refractivity contribution in [2.45, 2.75) is 40.3 Å². The second-order valence-corrected chi connectivity index (χ2v) is 6.38. The monoisotopic (exact) mass is 290 g/mol. The summed E-state index contributed by atoms with van der Waals surface area (Å²) in [7, 11) is 1.96. The van der Waals surface area contributed by atoms with Gasteiger partial charge in [0, 0.05) is 16.5 Å². The smallest absolute Gasteiger partial charge is 0.140 e. The van der Waals surface area contributed by atoms with Crippen LogP contribution in [0.3, 0.4) is 0 Å². The van der Waals surface area contributed by atoms with Crippen molar-refractivity contribution in [1.29, 1.82) is 0 Å². The summed E-state index contributed by atoms with van der Waals surface area (Å²) in [5.74, 6) is 0.942. The van der Waals surface area contributed by atoms with Crippen molar-refractivity contribution in [3.05, 3.63) is 44.9 Å². The number of nitrogens with zero attached hydrogens (tertiary/aromatic N) is 1. The van der Waals surface area contributed by atoms with E-state index in [9.17, 15) is 0 Å². The summed E-state index contributed by atoms with van der Waals surface area (Å²) >= 11 is 1.71. The predicted octanol–water partition coefficient (Wildman–Crippen LogP) is 3.93. The van der Waals surface area contributed by atoms with Crippen molar-refractivity contribution in [3.8, 4) is 5.75 Å². The lowest BCUT2D eigenvalue weighted by Crippen LogP contribution is -2.13. The molecule has 4 heteroatoms. The van der Waals surface area contributed by atoms with E-state index in [2.05, 4.69) is 49.3 Å². The first-order valence-electron chi connectivity index (χ1n) is 6.84. The topological polar surface area (TPSA) is 34.1 Å². The maximum Gasteiger partial charge on any atom is 0.140 e. The fraction of sp³-hybridized carbons (Fsp3) is 0.438. The molecule has 0 saturated heterocycles. The summed E-state index contributed by atoms with van der Waals surface area (Å²) in [5.41, 5.74) is 3.49. The standard InChI is InChI=1S/C16H22N2OS/c1-10-6-7-14(12(3)17-5)15(8-10)19-9-16-18-11(2)13(4)20-16/h6-8,12,17H,9H2,1-5H3. The van der Waals surface area contributed by atoms with Crippen LogP contribution in [0.2, 0.25) is 0 Å². The van der Waals surface area contributed by atoms with Crippen LogP contribution in [0.25, 0.3) is 0 Å². The molecule has 0 aliphatic heterocycles. The Morgan fingerprint density at radius 3 is 2.65 bits per heavy atom. The number of ether oxygens (including phenoxy) is 1. The lowest BCUT2D eigenvalue weighted by atomic mass is 10.1. The Balaban J connectivity index is 2.17. The summed E-state index contributed by atoms with van der Waals surface area (Å²) in [6.45, 7) is 8.88. The third kappa shape index (κ3) is 3.38. The molecule has 108 valence electrons. The number of aromatic nitrogens is 1. The summed E-state index contributed by atoms with van der Waals surface area (Å²) < 4.78 is 6.00. The number of benzene rings is 1. The zero-order valence-corrected chi connectivity index (χ0v) is 13.6. The highest BCUT2D eigenvalue weighted by molar-refractivity contribution is 7.11. The van der Waals surface area contributed by atoms with E-state index in [4.69, 9.17) is 4.74 Å². The Morgan fingerprint density at radius 2 is 2.05 bits per heavy atom. The largest absolute Gasteiger partial charge is 0.486 e. The van der Waals surface area contributed by atoms with Crippen LogP contribution < -0.4 is 10.1 Å². The molecule has 0 fully saturated rings. The molecule has 0 aliphatic carbocycles. The highest BCUT2D eigenvalue weighted by atomic mass is 32.1. The van der Waals surface area contributed by atoms with Crippen molar-refractivity contribution < 1.29 is 4.74 Å². The van der Waals surface area contributed by atoms with E-state index >= 15 is 0 Å². The van der Waals surface area contributed by atoms with Gasteiger partial charge in [0.1, 0.15) is 17.4 Å². The van der Waals surface area contributed by atoms with Crippen LogP contribution in [0.1, 0.15) is 39.7 Å². The molecule has 0 bridgehead atoms. The molecule has 0 aliphatic rings. The fourth-order valence-electron chi connectivity index (χ4n) is 2.02. The van der Waals surface area contributed by atoms with Crippen LogP contribution in [-0.2, 0) is 6.61 Å². The molecule has 0 saturated carbocycles. The quantitative estimate of drug-likeness (QED) is 0.906. The normalized spacial score (nSPS) is 12.4. The first-order valence-corrected chi connectivity index (χ1v) is 7.66. The van der Waals surface area contributed by atoms with Crippen molar-refractivity contribution in [3.63, 3.8) is 0 Å². The molecule has 1 atom stereocenters. The number of nitrogens with one attached hydrogen (secondary N) is 1. The average molecular weight is 290 g/mol. The van der Waals surface area contributed by atoms with Gasteiger partial charge in [0.05, 0.1) is 5.69 Å². The van der Waals surface area contributed by atoms with Crippen LogP contribution in [0, 0.1) is 20.8 Å². The first-order chi connectivity index (χ1) is 9.51. The van der Waals surface area contributed by atoms with Gasteiger partial charge in [-0.3, -0.25) is 0 Å². The SMILES string of the molecule is CNC(C)c1ccc(C)cc1OCc1nc(C)c(C)s1. The minimum absolute atomic E-state index is 0.269. The third-order valence-corrected chi connectivity index (χ3v) is 4.54. The Kier molecular flexibility index (Phi) is 4.78. The molecule has 1 N–H and O–H groups in total. The Labute approximate surface area is 125 Å². The van der Waals surface area contributed by atoms with Gasteiger partial charge in [-0.15, -0.1) is 11.3 Å². The Bertz CT molecular complexity index is 573. The molecular weight excluding hydrogens is 268 g/mol. The third-order valence-electron chi connectivity index (χ3n) is 3.49. The van der Waals surface area contributed by atoms with Crippen LogP contribution >= 0.6 is 11.3 Å². The van der Waals surface area contributed by atoms with E-state index < -0.39 is 0 Å². The molecule has 0 radical (unpaired) electrons. The molecule has 1 aromatic heterocycles. The van der Waals surface area contributed by atoms with Gasteiger partial charge in [-0.2, -0.15) is 0 Å². The zero-order chi connectivity index (χ0) is 14.7. The molecule has 3 nitrogen and oxygen atoms in total. The van der Waals surface area contributed by atoms with E-state index in [1.165, 1.54) is 16.0 Å². The van der Waals surface area contributed by atoms with Gasteiger partial charge in [0.25, 0.3) is 0 Å². The second kappa shape index (κ2) is 6.37. The molecule has 2 aromatic rings. The minimum atomic E-state index is 0.269. The summed E-state index contributed by atoms with van der Waals surface area (Å²) in [6.07, 6.45) is 0. The predicted molar refractivity (Wildman–Crippen MR) is 84.6 cm³/mol. The molecule has 20 heavy (non-hydrogen) atoms. The van der Waals surface area contributed by atoms with Gasteiger partial charge >= 0.3 is 0 Å². The second-order valence-electron chi connectivity index (χ2n) is 5.09. The van der Waals surface area contributed by atoms with Gasteiger partial charge in [0.2, 0.25) is 0 Å². The number of thiazole rings is 1. The van der Waals surface area contributed by atoms with Crippen LogP contribution in [0.4, 0.5) is 0 Å². The van der Waals surface area contributed by atoms with Gasteiger partial charge in [-0.25, -0.2) is 4.98 Å². The van der Waals surface area contributed by atoms with Gasteiger partial charge in [0.15, 0.2) is 0 Å². The van der Waals surface area contributed by atoms with E-state index in [-0.39, 0.29) is 6.04 Å². The lowest BCUT2D eigenvalue weighted by molar-refractivity contribution is 0.299. The highest BCUT2D eigenvalue weighted by Gasteiger charge is 2.11. The van der Waals surface area contributed by atoms with Crippen molar-refractivity contribution >= 4 is 11.3 Å². The molecule has 2 rings (SSSR count). The van der Waals surface area contributed by atoms with Crippen molar-refractivity contribution in [2.75, 3.05) is 7.05 Å². The van der Waals surface area contributed by atoms with Gasteiger partial charge in [-0.05, 0) is 46.4 Å². The van der Waals surface area contributed by atoms with Crippen LogP contribution in [0.15, 0.2) is 18.2 Å². The first kappa shape index (κ1) is 15.0. The van der Waals surface area contributed by atoms with Gasteiger partial charge < -0.3 is 10.1 Å².